The van der Waals surface area contributed by atoms with Gasteiger partial charge in [-0.2, -0.15) is 0 Å². The number of rotatable bonds is 7. The van der Waals surface area contributed by atoms with Gasteiger partial charge in [0.05, 0.1) is 12.0 Å². The molecule has 4 aromatic rings. The van der Waals surface area contributed by atoms with Gasteiger partial charge in [0.25, 0.3) is 0 Å². The van der Waals surface area contributed by atoms with Crippen molar-refractivity contribution >= 4 is 35.4 Å². The van der Waals surface area contributed by atoms with E-state index in [2.05, 4.69) is 10.5 Å². The van der Waals surface area contributed by atoms with E-state index < -0.39 is 36.4 Å². The molecule has 1 aliphatic rings. The molecule has 0 aliphatic carbocycles. The minimum atomic E-state index is -0.689. The molecule has 1 fully saturated rings. The molecule has 9 nitrogen and oxygen atoms in total. The van der Waals surface area contributed by atoms with Crippen LogP contribution in [0.25, 0.3) is 11.3 Å². The Balaban J connectivity index is 1.28. The van der Waals surface area contributed by atoms with Crippen LogP contribution in [0.15, 0.2) is 83.4 Å². The number of halogens is 1. The van der Waals surface area contributed by atoms with Gasteiger partial charge in [0.2, 0.25) is 5.91 Å². The first-order valence-corrected chi connectivity index (χ1v) is 13.9. The number of aryl methyl sites for hydroxylation is 1. The number of cyclic esters (lactones) is 1. The minimum absolute atomic E-state index is 0.336. The molecule has 10 heteroatoms. The predicted octanol–water partition coefficient (Wildman–Crippen LogP) is 7.83. The van der Waals surface area contributed by atoms with Crippen LogP contribution >= 0.6 is 11.6 Å². The summed E-state index contributed by atoms with van der Waals surface area (Å²) in [5.41, 5.74) is 3.68. The molecular weight excluding hydrogens is 558 g/mol. The van der Waals surface area contributed by atoms with E-state index in [1.807, 2.05) is 36.4 Å². The van der Waals surface area contributed by atoms with E-state index in [0.29, 0.717) is 38.9 Å². The highest BCUT2D eigenvalue weighted by Gasteiger charge is 2.44. The fourth-order valence-corrected chi connectivity index (χ4v) is 5.28. The maximum atomic E-state index is 13.4. The molecule has 2 heterocycles. The van der Waals surface area contributed by atoms with Gasteiger partial charge in [0.15, 0.2) is 5.76 Å². The minimum Gasteiger partial charge on any atom is -0.441 e. The van der Waals surface area contributed by atoms with Gasteiger partial charge in [-0.3, -0.25) is 10.1 Å². The average Bonchev–Trinajstić information content (AvgIpc) is 3.50. The number of amides is 3. The Morgan fingerprint density at radius 3 is 2.36 bits per heavy atom. The molecule has 1 aromatic heterocycles. The zero-order valence-electron chi connectivity index (χ0n) is 23.5. The maximum Gasteiger partial charge on any atom is 0.417 e. The van der Waals surface area contributed by atoms with Crippen LogP contribution in [0.2, 0.25) is 5.02 Å². The zero-order valence-corrected chi connectivity index (χ0v) is 24.3. The Morgan fingerprint density at radius 2 is 1.67 bits per heavy atom. The first-order chi connectivity index (χ1) is 20.2. The highest BCUT2D eigenvalue weighted by molar-refractivity contribution is 6.31. The lowest BCUT2D eigenvalue weighted by Crippen LogP contribution is -2.40. The summed E-state index contributed by atoms with van der Waals surface area (Å²) in [6.07, 6.45) is -2.46. The van der Waals surface area contributed by atoms with Gasteiger partial charge in [-0.1, -0.05) is 89.6 Å². The summed E-state index contributed by atoms with van der Waals surface area (Å²) in [5, 5.41) is 7.23. The lowest BCUT2D eigenvalue weighted by atomic mass is 9.96. The number of nitrogens with zero attached hydrogens (tertiary/aromatic N) is 2. The fourth-order valence-electron chi connectivity index (χ4n) is 4.99. The number of anilines is 1. The smallest absolute Gasteiger partial charge is 0.417 e. The molecule has 216 valence electrons. The molecule has 1 N–H and O–H groups in total. The maximum absolute atomic E-state index is 13.4. The summed E-state index contributed by atoms with van der Waals surface area (Å²) in [6.45, 7) is 6.98. The Morgan fingerprint density at radius 1 is 1.00 bits per heavy atom. The van der Waals surface area contributed by atoms with E-state index in [9.17, 15) is 14.4 Å². The molecule has 42 heavy (non-hydrogen) atoms. The monoisotopic (exact) mass is 587 g/mol. The summed E-state index contributed by atoms with van der Waals surface area (Å²) in [5.74, 6) is -0.631. The normalized spacial score (nSPS) is 17.8. The Hall–Kier alpha value is -4.63. The molecule has 1 aliphatic heterocycles. The van der Waals surface area contributed by atoms with E-state index in [1.54, 1.807) is 70.2 Å². The second-order valence-electron chi connectivity index (χ2n) is 10.2. The largest absolute Gasteiger partial charge is 0.441 e. The van der Waals surface area contributed by atoms with E-state index >= 15 is 0 Å². The van der Waals surface area contributed by atoms with Crippen LogP contribution in [0.5, 0.6) is 0 Å². The van der Waals surface area contributed by atoms with E-state index in [4.69, 9.17) is 25.6 Å². The topological polar surface area (TPSA) is 111 Å². The Bertz CT molecular complexity index is 1600. The molecular formula is C32H30ClN3O6. The van der Waals surface area contributed by atoms with E-state index in [-0.39, 0.29) is 5.91 Å². The van der Waals surface area contributed by atoms with Gasteiger partial charge in [0.1, 0.15) is 23.6 Å². The van der Waals surface area contributed by atoms with Gasteiger partial charge in [0, 0.05) is 16.1 Å². The van der Waals surface area contributed by atoms with Gasteiger partial charge < -0.3 is 14.0 Å². The van der Waals surface area contributed by atoms with Gasteiger partial charge in [-0.15, -0.1) is 0 Å². The third kappa shape index (κ3) is 5.73. The molecule has 4 atom stereocenters. The molecule has 3 aromatic carbocycles. The molecule has 5 rings (SSSR count). The van der Waals surface area contributed by atoms with Crippen LogP contribution < -0.4 is 5.32 Å². The molecule has 3 amide bonds. The fraction of sp³-hybridized carbons (Fsp3) is 0.250. The molecule has 0 radical (unpaired) electrons. The van der Waals surface area contributed by atoms with Crippen LogP contribution in [0.3, 0.4) is 0 Å². The summed E-state index contributed by atoms with van der Waals surface area (Å²) in [4.78, 5) is 40.0. The van der Waals surface area contributed by atoms with Crippen LogP contribution in [0, 0.1) is 6.92 Å². The van der Waals surface area contributed by atoms with Crippen molar-refractivity contribution in [3.63, 3.8) is 0 Å². The van der Waals surface area contributed by atoms with Crippen LogP contribution in [-0.4, -0.2) is 34.2 Å². The Labute approximate surface area is 248 Å². The highest BCUT2D eigenvalue weighted by Crippen LogP contribution is 2.36. The van der Waals surface area contributed by atoms with Crippen molar-refractivity contribution in [3.05, 3.63) is 106 Å². The van der Waals surface area contributed by atoms with Crippen molar-refractivity contribution in [2.45, 2.75) is 51.9 Å². The number of benzene rings is 3. The number of aromatic nitrogens is 1. The predicted molar refractivity (Wildman–Crippen MR) is 157 cm³/mol. The Kier molecular flexibility index (Phi) is 8.31. The van der Waals surface area contributed by atoms with Crippen molar-refractivity contribution in [3.8, 4) is 11.3 Å². The number of carbonyl (C=O) groups is 3. The lowest BCUT2D eigenvalue weighted by Gasteiger charge is -2.22. The number of hydrogen-bond donors (Lipinski definition) is 1. The van der Waals surface area contributed by atoms with Gasteiger partial charge in [-0.25, -0.2) is 14.5 Å². The van der Waals surface area contributed by atoms with Gasteiger partial charge in [-0.05, 0) is 44.9 Å². The van der Waals surface area contributed by atoms with Crippen molar-refractivity contribution in [2.24, 2.45) is 0 Å². The summed E-state index contributed by atoms with van der Waals surface area (Å²) < 4.78 is 16.6. The molecule has 0 spiro atoms. The van der Waals surface area contributed by atoms with E-state index in [1.165, 1.54) is 4.90 Å². The average molecular weight is 588 g/mol. The second-order valence-corrected chi connectivity index (χ2v) is 10.6. The number of hydrogen-bond acceptors (Lipinski definition) is 7. The number of nitrogens with one attached hydrogen (secondary N) is 1. The quantitative estimate of drug-likeness (QED) is 0.234. The first kappa shape index (κ1) is 28.9. The lowest BCUT2D eigenvalue weighted by molar-refractivity contribution is -0.130. The number of carbonyl (C=O) groups excluding carboxylic acids is 3. The summed E-state index contributed by atoms with van der Waals surface area (Å²) in [7, 11) is 0. The zero-order chi connectivity index (χ0) is 30.0. The van der Waals surface area contributed by atoms with Crippen molar-refractivity contribution in [1.29, 1.82) is 0 Å². The number of imide groups is 1. The van der Waals surface area contributed by atoms with Crippen LogP contribution in [0.1, 0.15) is 61.3 Å². The number of ether oxygens (including phenoxy) is 2. The van der Waals surface area contributed by atoms with Crippen LogP contribution in [0.4, 0.5) is 15.3 Å². The summed E-state index contributed by atoms with van der Waals surface area (Å²) in [6, 6.07) is 23.1. The third-order valence-electron chi connectivity index (χ3n) is 7.40. The third-order valence-corrected chi connectivity index (χ3v) is 7.74. The van der Waals surface area contributed by atoms with Gasteiger partial charge >= 0.3 is 12.2 Å². The van der Waals surface area contributed by atoms with E-state index in [0.717, 1.165) is 5.56 Å². The summed E-state index contributed by atoms with van der Waals surface area (Å²) >= 11 is 6.23. The SMILES string of the molecule is Cc1noc(-c2ccc(C(C)C(=O)N3C(=O)O[C@@H](c4ccccc4)[C@H]3C)cc2)c1NC(=O)O[C@H](C)c1ccccc1Cl. The molecule has 1 unspecified atom stereocenters. The highest BCUT2D eigenvalue weighted by atomic mass is 35.5. The first-order valence-electron chi connectivity index (χ1n) is 13.5. The van der Waals surface area contributed by atoms with Crippen molar-refractivity contribution in [1.82, 2.24) is 10.1 Å². The second kappa shape index (κ2) is 12.1. The van der Waals surface area contributed by atoms with Crippen molar-refractivity contribution in [2.75, 3.05) is 5.32 Å². The molecule has 1 saturated heterocycles. The molecule has 0 bridgehead atoms. The van der Waals surface area contributed by atoms with Crippen LogP contribution in [-0.2, 0) is 14.3 Å². The standard InChI is InChI=1S/C32H30ClN3O6/c1-18(30(37)36-20(3)28(41-32(36)39)23-10-6-5-7-11-23)22-14-16-24(17-15-22)29-27(19(2)35-42-29)34-31(38)40-21(4)25-12-8-9-13-26(25)33/h5-18,20-21,28H,1-4H3,(H,34,38)/t18?,20-,21-,28-/m1/s1. The molecule has 0 saturated carbocycles. The van der Waals surface area contributed by atoms with Crippen molar-refractivity contribution < 1.29 is 28.4 Å².